The zero-order valence-corrected chi connectivity index (χ0v) is 13.4. The van der Waals surface area contributed by atoms with Crippen LogP contribution in [0.4, 0.5) is 5.69 Å². The summed E-state index contributed by atoms with van der Waals surface area (Å²) in [5.74, 6) is 5.41. The molecule has 1 fully saturated rings. The Labute approximate surface area is 131 Å². The van der Waals surface area contributed by atoms with Crippen molar-refractivity contribution in [1.29, 1.82) is 0 Å². The quantitative estimate of drug-likeness (QED) is 0.646. The smallest absolute Gasteiger partial charge is 0.255 e. The molecule has 1 aromatic carbocycles. The number of hydrogen-bond donors (Lipinski definition) is 2. The highest BCUT2D eigenvalue weighted by atomic mass is 35.5. The maximum atomic E-state index is 12.6. The van der Waals surface area contributed by atoms with Gasteiger partial charge in [0.15, 0.2) is 0 Å². The fraction of sp³-hybridized carbons (Fsp3) is 0.533. The summed E-state index contributed by atoms with van der Waals surface area (Å²) in [5.41, 5.74) is 3.66. The van der Waals surface area contributed by atoms with Crippen molar-refractivity contribution >= 4 is 23.2 Å². The molecule has 0 spiro atoms. The maximum Gasteiger partial charge on any atom is 0.255 e. The van der Waals surface area contributed by atoms with Gasteiger partial charge in [0.1, 0.15) is 0 Å². The van der Waals surface area contributed by atoms with Gasteiger partial charge in [-0.2, -0.15) is 0 Å². The molecule has 1 unspecified atom stereocenters. The first kappa shape index (κ1) is 16.1. The van der Waals surface area contributed by atoms with Gasteiger partial charge in [-0.1, -0.05) is 18.5 Å². The predicted molar refractivity (Wildman–Crippen MR) is 86.5 cm³/mol. The molecule has 0 bridgehead atoms. The Kier molecular flexibility index (Phi) is 5.45. The van der Waals surface area contributed by atoms with Crippen LogP contribution in [0.25, 0.3) is 0 Å². The number of benzene rings is 1. The molecule has 1 heterocycles. The van der Waals surface area contributed by atoms with Crippen molar-refractivity contribution in [1.82, 2.24) is 9.80 Å². The Balaban J connectivity index is 2.10. The number of halogens is 1. The fourth-order valence-electron chi connectivity index (χ4n) is 2.94. The first-order chi connectivity index (χ1) is 10.1. The van der Waals surface area contributed by atoms with Crippen LogP contribution in [0.5, 0.6) is 0 Å². The molecule has 1 aliphatic rings. The molecule has 21 heavy (non-hydrogen) atoms. The molecule has 1 saturated heterocycles. The second-order valence-corrected chi connectivity index (χ2v) is 5.88. The van der Waals surface area contributed by atoms with E-state index in [9.17, 15) is 4.79 Å². The lowest BCUT2D eigenvalue weighted by Gasteiger charge is -2.28. The van der Waals surface area contributed by atoms with Crippen molar-refractivity contribution in [3.8, 4) is 0 Å². The standard InChI is InChI=1S/C15H23ClN4O/c1-3-20-8-4-5-12(20)10-19(2)15(21)13-9-11(16)6-7-14(13)18-17/h6-7,9,12,18H,3-5,8,10,17H2,1-2H3. The molecule has 1 aromatic rings. The lowest BCUT2D eigenvalue weighted by Crippen LogP contribution is -2.41. The van der Waals surface area contributed by atoms with Gasteiger partial charge in [-0.3, -0.25) is 15.5 Å². The molecule has 0 saturated carbocycles. The number of likely N-dealkylation sites (tertiary alicyclic amines) is 1. The lowest BCUT2D eigenvalue weighted by molar-refractivity contribution is 0.0755. The van der Waals surface area contributed by atoms with Gasteiger partial charge in [-0.05, 0) is 44.1 Å². The number of carbonyl (C=O) groups excluding carboxylic acids is 1. The summed E-state index contributed by atoms with van der Waals surface area (Å²) < 4.78 is 0. The zero-order valence-electron chi connectivity index (χ0n) is 12.6. The Morgan fingerprint density at radius 3 is 3.00 bits per heavy atom. The van der Waals surface area contributed by atoms with Crippen molar-refractivity contribution in [2.45, 2.75) is 25.8 Å². The minimum Gasteiger partial charge on any atom is -0.340 e. The molecule has 116 valence electrons. The van der Waals surface area contributed by atoms with E-state index in [4.69, 9.17) is 17.4 Å². The summed E-state index contributed by atoms with van der Waals surface area (Å²) in [6.07, 6.45) is 2.34. The van der Waals surface area contributed by atoms with Crippen LogP contribution < -0.4 is 11.3 Å². The van der Waals surface area contributed by atoms with Crippen LogP contribution in [0.3, 0.4) is 0 Å². The summed E-state index contributed by atoms with van der Waals surface area (Å²) in [6, 6.07) is 5.53. The predicted octanol–water partition coefficient (Wildman–Crippen LogP) is 2.18. The second-order valence-electron chi connectivity index (χ2n) is 5.44. The summed E-state index contributed by atoms with van der Waals surface area (Å²) in [4.78, 5) is 16.8. The summed E-state index contributed by atoms with van der Waals surface area (Å²) in [7, 11) is 1.83. The molecule has 2 rings (SSSR count). The van der Waals surface area contributed by atoms with E-state index in [2.05, 4.69) is 17.2 Å². The Hall–Kier alpha value is -1.30. The van der Waals surface area contributed by atoms with E-state index in [1.165, 1.54) is 6.42 Å². The van der Waals surface area contributed by atoms with Crippen LogP contribution in [0.1, 0.15) is 30.1 Å². The second kappa shape index (κ2) is 7.11. The number of nitrogen functional groups attached to an aromatic ring is 1. The van der Waals surface area contributed by atoms with Crippen LogP contribution in [-0.4, -0.2) is 48.4 Å². The lowest BCUT2D eigenvalue weighted by atomic mass is 10.1. The van der Waals surface area contributed by atoms with E-state index < -0.39 is 0 Å². The molecule has 6 heteroatoms. The molecular weight excluding hydrogens is 288 g/mol. The first-order valence-electron chi connectivity index (χ1n) is 7.32. The van der Waals surface area contributed by atoms with Gasteiger partial charge >= 0.3 is 0 Å². The van der Waals surface area contributed by atoms with Gasteiger partial charge in [-0.15, -0.1) is 0 Å². The van der Waals surface area contributed by atoms with Crippen LogP contribution in [0.15, 0.2) is 18.2 Å². The molecule has 0 aromatic heterocycles. The SMILES string of the molecule is CCN1CCCC1CN(C)C(=O)c1cc(Cl)ccc1NN. The average Bonchev–Trinajstić information content (AvgIpc) is 2.93. The number of hydrogen-bond acceptors (Lipinski definition) is 4. The molecule has 0 radical (unpaired) electrons. The highest BCUT2D eigenvalue weighted by Crippen LogP contribution is 2.23. The van der Waals surface area contributed by atoms with Gasteiger partial charge in [0.25, 0.3) is 5.91 Å². The van der Waals surface area contributed by atoms with Crippen molar-refractivity contribution in [2.24, 2.45) is 5.84 Å². The van der Waals surface area contributed by atoms with Crippen LogP contribution in [0.2, 0.25) is 5.02 Å². The molecule has 1 atom stereocenters. The minimum absolute atomic E-state index is 0.0617. The van der Waals surface area contributed by atoms with Gasteiger partial charge in [0.2, 0.25) is 0 Å². The van der Waals surface area contributed by atoms with Crippen LogP contribution >= 0.6 is 11.6 Å². The van der Waals surface area contributed by atoms with Crippen LogP contribution in [-0.2, 0) is 0 Å². The van der Waals surface area contributed by atoms with Gasteiger partial charge < -0.3 is 10.3 Å². The van der Waals surface area contributed by atoms with E-state index in [0.29, 0.717) is 22.3 Å². The third-order valence-corrected chi connectivity index (χ3v) is 4.34. The monoisotopic (exact) mass is 310 g/mol. The highest BCUT2D eigenvalue weighted by molar-refractivity contribution is 6.31. The Morgan fingerprint density at radius 1 is 1.57 bits per heavy atom. The average molecular weight is 311 g/mol. The maximum absolute atomic E-state index is 12.6. The Morgan fingerprint density at radius 2 is 2.33 bits per heavy atom. The summed E-state index contributed by atoms with van der Waals surface area (Å²) in [6.45, 7) is 5.03. The number of nitrogens with two attached hydrogens (primary N) is 1. The third kappa shape index (κ3) is 3.67. The molecule has 1 aliphatic heterocycles. The van der Waals surface area contributed by atoms with E-state index in [1.807, 2.05) is 7.05 Å². The topological polar surface area (TPSA) is 61.6 Å². The van der Waals surface area contributed by atoms with E-state index >= 15 is 0 Å². The molecular formula is C15H23ClN4O. The number of amides is 1. The van der Waals surface area contributed by atoms with E-state index in [-0.39, 0.29) is 5.91 Å². The van der Waals surface area contributed by atoms with Crippen molar-refractivity contribution < 1.29 is 4.79 Å². The normalized spacial score (nSPS) is 18.8. The van der Waals surface area contributed by atoms with E-state index in [0.717, 1.165) is 26.1 Å². The number of carbonyl (C=O) groups is 1. The largest absolute Gasteiger partial charge is 0.340 e. The number of nitrogens with zero attached hydrogens (tertiary/aromatic N) is 2. The van der Waals surface area contributed by atoms with Crippen LogP contribution in [0, 0.1) is 0 Å². The number of rotatable bonds is 5. The molecule has 0 aliphatic carbocycles. The first-order valence-corrected chi connectivity index (χ1v) is 7.70. The number of anilines is 1. The van der Waals surface area contributed by atoms with Gasteiger partial charge in [0, 0.05) is 24.7 Å². The number of hydrazine groups is 1. The molecule has 3 N–H and O–H groups in total. The molecule has 1 amide bonds. The van der Waals surface area contributed by atoms with Crippen molar-refractivity contribution in [3.63, 3.8) is 0 Å². The minimum atomic E-state index is -0.0617. The summed E-state index contributed by atoms with van der Waals surface area (Å²) >= 11 is 5.99. The van der Waals surface area contributed by atoms with Gasteiger partial charge in [-0.25, -0.2) is 0 Å². The third-order valence-electron chi connectivity index (χ3n) is 4.10. The summed E-state index contributed by atoms with van der Waals surface area (Å²) in [5, 5.41) is 0.529. The fourth-order valence-corrected chi connectivity index (χ4v) is 3.11. The zero-order chi connectivity index (χ0) is 15.4. The number of nitrogens with one attached hydrogen (secondary N) is 1. The Bertz CT molecular complexity index is 508. The number of likely N-dealkylation sites (N-methyl/N-ethyl adjacent to an activating group) is 2. The molecule has 5 nitrogen and oxygen atoms in total. The van der Waals surface area contributed by atoms with Gasteiger partial charge in [0.05, 0.1) is 11.3 Å². The van der Waals surface area contributed by atoms with E-state index in [1.54, 1.807) is 23.1 Å². The highest BCUT2D eigenvalue weighted by Gasteiger charge is 2.26. The van der Waals surface area contributed by atoms with Crippen molar-refractivity contribution in [3.05, 3.63) is 28.8 Å². The van der Waals surface area contributed by atoms with Crippen molar-refractivity contribution in [2.75, 3.05) is 32.1 Å².